The van der Waals surface area contributed by atoms with Crippen molar-refractivity contribution in [2.75, 3.05) is 6.61 Å². The predicted octanol–water partition coefficient (Wildman–Crippen LogP) is 4.62. The van der Waals surface area contributed by atoms with Crippen molar-refractivity contribution in [1.82, 2.24) is 20.1 Å². The number of aromatic amines is 1. The fourth-order valence-electron chi connectivity index (χ4n) is 4.12. The first-order valence-electron chi connectivity index (χ1n) is 10.3. The monoisotopic (exact) mass is 410 g/mol. The minimum absolute atomic E-state index is 0.0552. The van der Waals surface area contributed by atoms with E-state index in [0.29, 0.717) is 18.8 Å². The first-order valence-corrected chi connectivity index (χ1v) is 10.3. The van der Waals surface area contributed by atoms with E-state index in [4.69, 9.17) is 4.74 Å². The Morgan fingerprint density at radius 1 is 1.00 bits per heavy atom. The zero-order valence-corrected chi connectivity index (χ0v) is 17.2. The molecule has 1 atom stereocenters. The first kappa shape index (κ1) is 19.1. The lowest BCUT2D eigenvalue weighted by atomic mass is 9.96. The summed E-state index contributed by atoms with van der Waals surface area (Å²) < 4.78 is 5.61. The molecule has 3 heterocycles. The van der Waals surface area contributed by atoms with Crippen LogP contribution in [0.2, 0.25) is 0 Å². The number of ether oxygens (including phenoxy) is 1. The number of nitrogens with one attached hydrogen (secondary N) is 1. The van der Waals surface area contributed by atoms with Crippen LogP contribution in [0.25, 0.3) is 11.3 Å². The fourth-order valence-corrected chi connectivity index (χ4v) is 4.12. The summed E-state index contributed by atoms with van der Waals surface area (Å²) in [6.45, 7) is 3.05. The van der Waals surface area contributed by atoms with E-state index in [1.807, 2.05) is 78.6 Å². The Bertz CT molecular complexity index is 1190. The molecule has 2 aromatic heterocycles. The van der Waals surface area contributed by atoms with E-state index in [1.165, 1.54) is 0 Å². The average molecular weight is 410 g/mol. The van der Waals surface area contributed by atoms with Gasteiger partial charge in [-0.25, -0.2) is 0 Å². The second-order valence-corrected chi connectivity index (χ2v) is 7.42. The zero-order chi connectivity index (χ0) is 21.2. The number of nitrogens with zero attached hydrogens (tertiary/aromatic N) is 3. The summed E-state index contributed by atoms with van der Waals surface area (Å²) in [5.41, 5.74) is 5.29. The van der Waals surface area contributed by atoms with Gasteiger partial charge in [-0.05, 0) is 42.3 Å². The Hall–Kier alpha value is -3.93. The van der Waals surface area contributed by atoms with E-state index >= 15 is 0 Å². The van der Waals surface area contributed by atoms with Gasteiger partial charge in [0.05, 0.1) is 18.3 Å². The smallest absolute Gasteiger partial charge is 0.273 e. The summed E-state index contributed by atoms with van der Waals surface area (Å²) in [7, 11) is 0. The standard InChI is InChI=1S/C25H22N4O2/c1-2-31-20-10-8-19(9-11-20)24-21-22(18-6-4-3-5-7-18)27-28-23(21)25(30)29(24)16-17-12-14-26-15-13-17/h3-15,24H,2,16H2,1H3,(H,27,28). The third-order valence-corrected chi connectivity index (χ3v) is 5.52. The van der Waals surface area contributed by atoms with E-state index < -0.39 is 0 Å². The summed E-state index contributed by atoms with van der Waals surface area (Å²) in [6, 6.07) is 21.5. The quantitative estimate of drug-likeness (QED) is 0.504. The van der Waals surface area contributed by atoms with E-state index in [-0.39, 0.29) is 11.9 Å². The highest BCUT2D eigenvalue weighted by Gasteiger charge is 2.42. The molecule has 154 valence electrons. The molecule has 0 saturated heterocycles. The molecule has 1 N–H and O–H groups in total. The Labute approximate surface area is 180 Å². The van der Waals surface area contributed by atoms with E-state index in [1.54, 1.807) is 12.4 Å². The molecule has 1 aliphatic rings. The van der Waals surface area contributed by atoms with Crippen molar-refractivity contribution in [3.63, 3.8) is 0 Å². The van der Waals surface area contributed by atoms with Crippen molar-refractivity contribution >= 4 is 5.91 Å². The summed E-state index contributed by atoms with van der Waals surface area (Å²) in [5, 5.41) is 7.52. The largest absolute Gasteiger partial charge is 0.494 e. The number of benzene rings is 2. The molecule has 0 saturated carbocycles. The van der Waals surface area contributed by atoms with Gasteiger partial charge in [0.1, 0.15) is 11.4 Å². The number of pyridine rings is 1. The summed E-state index contributed by atoms with van der Waals surface area (Å²) >= 11 is 0. The minimum Gasteiger partial charge on any atom is -0.494 e. The van der Waals surface area contributed by atoms with Crippen molar-refractivity contribution < 1.29 is 9.53 Å². The average Bonchev–Trinajstić information content (AvgIpc) is 3.35. The van der Waals surface area contributed by atoms with Gasteiger partial charge in [-0.1, -0.05) is 42.5 Å². The van der Waals surface area contributed by atoms with Crippen molar-refractivity contribution in [2.45, 2.75) is 19.5 Å². The molecule has 0 radical (unpaired) electrons. The third kappa shape index (κ3) is 3.46. The van der Waals surface area contributed by atoms with Crippen molar-refractivity contribution in [2.24, 2.45) is 0 Å². The first-order chi connectivity index (χ1) is 15.3. The highest BCUT2D eigenvalue weighted by molar-refractivity contribution is 6.00. The SMILES string of the molecule is CCOc1ccc(C2c3c(-c4ccccc4)n[nH]c3C(=O)N2Cc2ccncc2)cc1. The van der Waals surface area contributed by atoms with E-state index in [2.05, 4.69) is 15.2 Å². The fraction of sp³-hybridized carbons (Fsp3) is 0.160. The maximum absolute atomic E-state index is 13.4. The Morgan fingerprint density at radius 2 is 1.74 bits per heavy atom. The van der Waals surface area contributed by atoms with Crippen LogP contribution in [0, 0.1) is 0 Å². The van der Waals surface area contributed by atoms with Crippen molar-refractivity contribution in [3.8, 4) is 17.0 Å². The second-order valence-electron chi connectivity index (χ2n) is 7.42. The van der Waals surface area contributed by atoms with Gasteiger partial charge < -0.3 is 9.64 Å². The molecule has 4 aromatic rings. The highest BCUT2D eigenvalue weighted by atomic mass is 16.5. The van der Waals surface area contributed by atoms with Gasteiger partial charge in [0.2, 0.25) is 0 Å². The number of H-pyrrole nitrogens is 1. The number of rotatable bonds is 6. The van der Waals surface area contributed by atoms with Gasteiger partial charge in [-0.3, -0.25) is 14.9 Å². The Balaban J connectivity index is 1.61. The molecule has 6 nitrogen and oxygen atoms in total. The molecule has 0 aliphatic carbocycles. The van der Waals surface area contributed by atoms with Gasteiger partial charge in [-0.2, -0.15) is 5.10 Å². The predicted molar refractivity (Wildman–Crippen MR) is 118 cm³/mol. The summed E-state index contributed by atoms with van der Waals surface area (Å²) in [5.74, 6) is 0.757. The van der Waals surface area contributed by atoms with Crippen LogP contribution in [-0.2, 0) is 6.54 Å². The maximum atomic E-state index is 13.4. The molecule has 1 unspecified atom stereocenters. The molecule has 6 heteroatoms. The number of amides is 1. The van der Waals surface area contributed by atoms with Crippen LogP contribution in [0.1, 0.15) is 40.1 Å². The Kier molecular flexibility index (Phi) is 4.96. The van der Waals surface area contributed by atoms with Gasteiger partial charge in [-0.15, -0.1) is 0 Å². The number of carbonyl (C=O) groups excluding carboxylic acids is 1. The molecular weight excluding hydrogens is 388 g/mol. The molecule has 0 bridgehead atoms. The van der Waals surface area contributed by atoms with Gasteiger partial charge in [0.15, 0.2) is 0 Å². The zero-order valence-electron chi connectivity index (χ0n) is 17.2. The second kappa shape index (κ2) is 8.07. The molecule has 5 rings (SSSR count). The molecule has 2 aromatic carbocycles. The lowest BCUT2D eigenvalue weighted by Crippen LogP contribution is -2.29. The van der Waals surface area contributed by atoms with Crippen LogP contribution in [-0.4, -0.2) is 32.6 Å². The Morgan fingerprint density at radius 3 is 2.45 bits per heavy atom. The van der Waals surface area contributed by atoms with Crippen molar-refractivity contribution in [3.05, 3.63) is 102 Å². The van der Waals surface area contributed by atoms with Gasteiger partial charge in [0.25, 0.3) is 5.91 Å². The lowest BCUT2D eigenvalue weighted by Gasteiger charge is -2.26. The highest BCUT2D eigenvalue weighted by Crippen LogP contribution is 2.43. The van der Waals surface area contributed by atoms with Crippen LogP contribution in [0.5, 0.6) is 5.75 Å². The van der Waals surface area contributed by atoms with Gasteiger partial charge >= 0.3 is 0 Å². The van der Waals surface area contributed by atoms with Crippen LogP contribution >= 0.6 is 0 Å². The maximum Gasteiger partial charge on any atom is 0.273 e. The number of hydrogen-bond acceptors (Lipinski definition) is 4. The molecule has 0 spiro atoms. The normalized spacial score (nSPS) is 15.2. The van der Waals surface area contributed by atoms with Crippen LogP contribution in [0.4, 0.5) is 0 Å². The lowest BCUT2D eigenvalue weighted by molar-refractivity contribution is 0.0730. The van der Waals surface area contributed by atoms with E-state index in [9.17, 15) is 4.79 Å². The number of carbonyl (C=O) groups is 1. The number of hydrogen-bond donors (Lipinski definition) is 1. The molecule has 0 fully saturated rings. The molecular formula is C25H22N4O2. The van der Waals surface area contributed by atoms with Crippen LogP contribution in [0.15, 0.2) is 79.1 Å². The van der Waals surface area contributed by atoms with Crippen LogP contribution in [0.3, 0.4) is 0 Å². The summed E-state index contributed by atoms with van der Waals surface area (Å²) in [6.07, 6.45) is 3.50. The molecule has 31 heavy (non-hydrogen) atoms. The summed E-state index contributed by atoms with van der Waals surface area (Å²) in [4.78, 5) is 19.4. The molecule has 1 aliphatic heterocycles. The topological polar surface area (TPSA) is 71.1 Å². The number of fused-ring (bicyclic) bond motifs is 1. The van der Waals surface area contributed by atoms with Gasteiger partial charge in [0, 0.05) is 30.1 Å². The van der Waals surface area contributed by atoms with Crippen molar-refractivity contribution in [1.29, 1.82) is 0 Å². The minimum atomic E-state index is -0.250. The van der Waals surface area contributed by atoms with E-state index in [0.717, 1.165) is 33.7 Å². The van der Waals surface area contributed by atoms with Crippen LogP contribution < -0.4 is 4.74 Å². The number of aromatic nitrogens is 3. The molecule has 1 amide bonds. The third-order valence-electron chi connectivity index (χ3n) is 5.52.